The van der Waals surface area contributed by atoms with E-state index in [-0.39, 0.29) is 0 Å². The lowest BCUT2D eigenvalue weighted by molar-refractivity contribution is 0.142. The number of nitrogens with zero attached hydrogens (tertiary/aromatic N) is 2. The van der Waals surface area contributed by atoms with E-state index in [0.717, 1.165) is 5.69 Å². The molecule has 0 saturated carbocycles. The lowest BCUT2D eigenvalue weighted by Crippen LogP contribution is -1.97. The summed E-state index contributed by atoms with van der Waals surface area (Å²) in [6.45, 7) is -0.791. The number of hydrogen-bond acceptors (Lipinski definition) is 2. The maximum atomic E-state index is 12.2. The summed E-state index contributed by atoms with van der Waals surface area (Å²) in [6, 6.07) is 9.46. The summed E-state index contributed by atoms with van der Waals surface area (Å²) in [5.41, 5.74) is 1.37. The fraction of sp³-hybridized carbons (Fsp3) is 0.182. The summed E-state index contributed by atoms with van der Waals surface area (Å²) in [6.07, 6.45) is 2.01. The van der Waals surface area contributed by atoms with Gasteiger partial charge in [-0.1, -0.05) is 18.2 Å². The molecule has 15 heavy (non-hydrogen) atoms. The summed E-state index contributed by atoms with van der Waals surface area (Å²) in [7, 11) is 0. The number of aromatic nitrogens is 2. The highest BCUT2D eigenvalue weighted by Gasteiger charge is 2.09. The van der Waals surface area contributed by atoms with Crippen LogP contribution in [0.1, 0.15) is 11.7 Å². The van der Waals surface area contributed by atoms with Crippen LogP contribution in [0.4, 0.5) is 4.39 Å². The minimum absolute atomic E-state index is 0.487. The van der Waals surface area contributed by atoms with Crippen LogP contribution in [0.5, 0.6) is 0 Å². The topological polar surface area (TPSA) is 38.1 Å². The number of para-hydroxylation sites is 1. The third kappa shape index (κ3) is 2.05. The molecule has 2 aromatic rings. The molecule has 0 aliphatic rings. The van der Waals surface area contributed by atoms with Crippen LogP contribution in [-0.2, 0) is 0 Å². The molecule has 1 aromatic heterocycles. The molecule has 0 saturated heterocycles. The van der Waals surface area contributed by atoms with Crippen LogP contribution in [0.25, 0.3) is 5.69 Å². The van der Waals surface area contributed by atoms with Crippen molar-refractivity contribution in [2.45, 2.75) is 6.10 Å². The number of aliphatic hydroxyl groups is 1. The maximum Gasteiger partial charge on any atom is 0.120 e. The molecule has 1 N–H and O–H groups in total. The Morgan fingerprint density at radius 3 is 2.73 bits per heavy atom. The summed E-state index contributed by atoms with van der Waals surface area (Å²) < 4.78 is 13.8. The van der Waals surface area contributed by atoms with Crippen molar-refractivity contribution < 1.29 is 9.50 Å². The van der Waals surface area contributed by atoms with Gasteiger partial charge in [-0.2, -0.15) is 5.10 Å². The van der Waals surface area contributed by atoms with Gasteiger partial charge in [0.25, 0.3) is 0 Å². The van der Waals surface area contributed by atoms with Gasteiger partial charge in [0.05, 0.1) is 11.9 Å². The molecule has 3 nitrogen and oxygen atoms in total. The molecule has 1 atom stereocenters. The van der Waals surface area contributed by atoms with Crippen molar-refractivity contribution in [3.05, 3.63) is 48.3 Å². The van der Waals surface area contributed by atoms with Gasteiger partial charge in [0, 0.05) is 11.8 Å². The van der Waals surface area contributed by atoms with Crippen LogP contribution in [0.2, 0.25) is 0 Å². The maximum absolute atomic E-state index is 12.2. The quantitative estimate of drug-likeness (QED) is 0.832. The molecule has 0 amide bonds. The molecule has 0 radical (unpaired) electrons. The summed E-state index contributed by atoms with van der Waals surface area (Å²) in [5.74, 6) is 0. The Morgan fingerprint density at radius 2 is 2.07 bits per heavy atom. The minimum atomic E-state index is -1.08. The number of benzene rings is 1. The van der Waals surface area contributed by atoms with Gasteiger partial charge in [0.2, 0.25) is 0 Å². The first-order valence-electron chi connectivity index (χ1n) is 4.65. The first-order valence-corrected chi connectivity index (χ1v) is 4.65. The first kappa shape index (κ1) is 9.86. The van der Waals surface area contributed by atoms with Gasteiger partial charge >= 0.3 is 0 Å². The number of halogens is 1. The second-order valence-corrected chi connectivity index (χ2v) is 3.22. The predicted molar refractivity (Wildman–Crippen MR) is 54.5 cm³/mol. The molecule has 0 bridgehead atoms. The van der Waals surface area contributed by atoms with Gasteiger partial charge in [0.15, 0.2) is 0 Å². The summed E-state index contributed by atoms with van der Waals surface area (Å²) in [4.78, 5) is 0. The number of alkyl halides is 1. The third-order valence-corrected chi connectivity index (χ3v) is 2.15. The van der Waals surface area contributed by atoms with E-state index in [1.54, 1.807) is 10.9 Å². The average Bonchev–Trinajstić information content (AvgIpc) is 2.78. The number of hydrogen-bond donors (Lipinski definition) is 1. The van der Waals surface area contributed by atoms with E-state index in [1.807, 2.05) is 30.3 Å². The van der Waals surface area contributed by atoms with Crippen LogP contribution in [0.15, 0.2) is 42.7 Å². The van der Waals surface area contributed by atoms with Gasteiger partial charge in [-0.05, 0) is 12.1 Å². The van der Waals surface area contributed by atoms with Gasteiger partial charge in [-0.15, -0.1) is 0 Å². The third-order valence-electron chi connectivity index (χ3n) is 2.15. The largest absolute Gasteiger partial charge is 0.386 e. The predicted octanol–water partition coefficient (Wildman–Crippen LogP) is 1.88. The zero-order chi connectivity index (χ0) is 10.7. The Morgan fingerprint density at radius 1 is 1.33 bits per heavy atom. The highest BCUT2D eigenvalue weighted by Crippen LogP contribution is 2.14. The number of rotatable bonds is 3. The molecule has 1 unspecified atom stereocenters. The summed E-state index contributed by atoms with van der Waals surface area (Å²) >= 11 is 0. The fourth-order valence-electron chi connectivity index (χ4n) is 1.32. The standard InChI is InChI=1S/C11H11FN2O/c12-6-11(15)9-7-13-14(8-9)10-4-2-1-3-5-10/h1-5,7-8,11,15H,6H2. The van der Waals surface area contributed by atoms with Crippen LogP contribution < -0.4 is 0 Å². The van der Waals surface area contributed by atoms with E-state index < -0.39 is 12.8 Å². The highest BCUT2D eigenvalue weighted by atomic mass is 19.1. The van der Waals surface area contributed by atoms with Gasteiger partial charge in [-0.3, -0.25) is 0 Å². The Bertz CT molecular complexity index is 427. The van der Waals surface area contributed by atoms with Crippen LogP contribution in [0, 0.1) is 0 Å². The van der Waals surface area contributed by atoms with Crippen molar-refractivity contribution in [2.24, 2.45) is 0 Å². The van der Waals surface area contributed by atoms with Gasteiger partial charge in [-0.25, -0.2) is 9.07 Å². The Balaban J connectivity index is 2.28. The molecular weight excluding hydrogens is 195 g/mol. The number of aliphatic hydroxyl groups excluding tert-OH is 1. The van der Waals surface area contributed by atoms with E-state index in [9.17, 15) is 9.50 Å². The minimum Gasteiger partial charge on any atom is -0.386 e. The van der Waals surface area contributed by atoms with E-state index in [2.05, 4.69) is 5.10 Å². The van der Waals surface area contributed by atoms with Crippen molar-refractivity contribution in [3.63, 3.8) is 0 Å². The molecule has 2 rings (SSSR count). The van der Waals surface area contributed by atoms with Crippen molar-refractivity contribution in [1.29, 1.82) is 0 Å². The van der Waals surface area contributed by atoms with Crippen molar-refractivity contribution in [2.75, 3.05) is 6.67 Å². The lowest BCUT2D eigenvalue weighted by atomic mass is 10.2. The highest BCUT2D eigenvalue weighted by molar-refractivity contribution is 5.31. The van der Waals surface area contributed by atoms with E-state index >= 15 is 0 Å². The lowest BCUT2D eigenvalue weighted by Gasteiger charge is -2.01. The Kier molecular flexibility index (Phi) is 2.78. The van der Waals surface area contributed by atoms with Crippen molar-refractivity contribution >= 4 is 0 Å². The molecular formula is C11H11FN2O. The second-order valence-electron chi connectivity index (χ2n) is 3.22. The SMILES string of the molecule is OC(CF)c1cnn(-c2ccccc2)c1. The van der Waals surface area contributed by atoms with Crippen molar-refractivity contribution in [3.8, 4) is 5.69 Å². The van der Waals surface area contributed by atoms with E-state index in [1.165, 1.54) is 6.20 Å². The van der Waals surface area contributed by atoms with Crippen LogP contribution in [-0.4, -0.2) is 21.6 Å². The molecule has 4 heteroatoms. The van der Waals surface area contributed by atoms with E-state index in [4.69, 9.17) is 0 Å². The van der Waals surface area contributed by atoms with Gasteiger partial charge in [0.1, 0.15) is 12.8 Å². The molecule has 0 fully saturated rings. The van der Waals surface area contributed by atoms with Crippen LogP contribution in [0.3, 0.4) is 0 Å². The Hall–Kier alpha value is -1.68. The fourth-order valence-corrected chi connectivity index (χ4v) is 1.32. The summed E-state index contributed by atoms with van der Waals surface area (Å²) in [5, 5.41) is 13.3. The zero-order valence-corrected chi connectivity index (χ0v) is 8.05. The molecule has 0 aliphatic carbocycles. The molecule has 1 heterocycles. The van der Waals surface area contributed by atoms with Crippen molar-refractivity contribution in [1.82, 2.24) is 9.78 Å². The zero-order valence-electron chi connectivity index (χ0n) is 8.05. The van der Waals surface area contributed by atoms with Crippen LogP contribution >= 0.6 is 0 Å². The first-order chi connectivity index (χ1) is 7.31. The molecule has 0 aliphatic heterocycles. The molecule has 0 spiro atoms. The Labute approximate surface area is 86.8 Å². The second kappa shape index (κ2) is 4.23. The average molecular weight is 206 g/mol. The normalized spacial score (nSPS) is 12.7. The molecule has 1 aromatic carbocycles. The smallest absolute Gasteiger partial charge is 0.120 e. The monoisotopic (exact) mass is 206 g/mol. The molecule has 78 valence electrons. The van der Waals surface area contributed by atoms with E-state index in [0.29, 0.717) is 5.56 Å². The van der Waals surface area contributed by atoms with Gasteiger partial charge < -0.3 is 5.11 Å².